The maximum Gasteiger partial charge on any atom is 0.292 e. The number of benzene rings is 2. The number of carbonyl (C=O) groups excluding carboxylic acids is 1. The van der Waals surface area contributed by atoms with Crippen LogP contribution in [0.1, 0.15) is 40.2 Å². The fourth-order valence-corrected chi connectivity index (χ4v) is 4.71. The number of hydrazone groups is 1. The van der Waals surface area contributed by atoms with Crippen LogP contribution in [0.2, 0.25) is 10.0 Å². The Kier molecular flexibility index (Phi) is 8.37. The van der Waals surface area contributed by atoms with E-state index in [9.17, 15) is 14.9 Å². The number of hydrogen-bond donors (Lipinski definition) is 2. The number of halogens is 2. The monoisotopic (exact) mass is 600 g/mol. The van der Waals surface area contributed by atoms with E-state index in [2.05, 4.69) is 40.7 Å². The number of nitro benzene ring substituents is 1. The molecule has 2 aromatic heterocycles. The molecule has 0 radical (unpaired) electrons. The van der Waals surface area contributed by atoms with Crippen molar-refractivity contribution in [2.24, 2.45) is 5.10 Å². The van der Waals surface area contributed by atoms with Gasteiger partial charge < -0.3 is 10.5 Å². The molecular weight excluding hydrogens is 579 g/mol. The lowest BCUT2D eigenvalue weighted by Gasteiger charge is -2.13. The number of non-ortho nitro benzene ring substituents is 1. The summed E-state index contributed by atoms with van der Waals surface area (Å²) in [7, 11) is 0. The summed E-state index contributed by atoms with van der Waals surface area (Å²) >= 11 is 12.5. The van der Waals surface area contributed by atoms with Gasteiger partial charge in [-0.25, -0.2) is 10.1 Å². The molecule has 3 N–H and O–H groups in total. The molecular formula is C24H22Cl2N10O5. The summed E-state index contributed by atoms with van der Waals surface area (Å²) in [5.74, 6) is -0.532. The van der Waals surface area contributed by atoms with Crippen LogP contribution in [-0.4, -0.2) is 60.3 Å². The van der Waals surface area contributed by atoms with E-state index in [1.807, 2.05) is 0 Å². The lowest BCUT2D eigenvalue weighted by molar-refractivity contribution is -0.384. The fraction of sp³-hybridized carbons (Fsp3) is 0.250. The summed E-state index contributed by atoms with van der Waals surface area (Å²) in [6, 6.07) is 8.99. The minimum atomic E-state index is -0.682. The van der Waals surface area contributed by atoms with Crippen LogP contribution in [0.5, 0.6) is 5.75 Å². The van der Waals surface area contributed by atoms with E-state index >= 15 is 0 Å². The zero-order valence-corrected chi connectivity index (χ0v) is 22.7. The number of carbonyl (C=O) groups is 1. The van der Waals surface area contributed by atoms with Gasteiger partial charge in [0.25, 0.3) is 11.6 Å². The number of ether oxygens (including phenoxy) is 1. The predicted octanol–water partition coefficient (Wildman–Crippen LogP) is 3.39. The number of nitro groups is 1. The molecule has 0 atom stereocenters. The van der Waals surface area contributed by atoms with E-state index < -0.39 is 10.8 Å². The lowest BCUT2D eigenvalue weighted by Crippen LogP contribution is -2.26. The number of nitrogen functional groups attached to an aromatic ring is 1. The molecule has 5 rings (SSSR count). The third-order valence-corrected chi connectivity index (χ3v) is 6.94. The number of hydrogen-bond acceptors (Lipinski definition) is 12. The molecule has 212 valence electrons. The smallest absolute Gasteiger partial charge is 0.292 e. The standard InChI is InChI=1S/C24H22Cl2N10O5/c25-17-4-3-5-18(26)16(17)13-40-20-7-6-15(36(38)39)10-14(20)11-28-30-24(37)21-19(12-34-8-1-2-9-34)29-33-35(21)23-22(27)31-41-32-23/h3-7,10-11H,1-2,8-9,12-13H2,(H2,27,31)(H,30,37)/b28-11+. The quantitative estimate of drug-likeness (QED) is 0.154. The highest BCUT2D eigenvalue weighted by Gasteiger charge is 2.27. The summed E-state index contributed by atoms with van der Waals surface area (Å²) in [5.41, 5.74) is 9.19. The number of amides is 1. The average molecular weight is 601 g/mol. The van der Waals surface area contributed by atoms with Crippen molar-refractivity contribution in [2.75, 3.05) is 18.8 Å². The Labute approximate surface area is 241 Å². The third-order valence-electron chi connectivity index (χ3n) is 6.23. The molecule has 1 aliphatic heterocycles. The van der Waals surface area contributed by atoms with Crippen molar-refractivity contribution in [3.05, 3.63) is 79.1 Å². The number of anilines is 1. The van der Waals surface area contributed by atoms with Crippen molar-refractivity contribution in [3.63, 3.8) is 0 Å². The van der Waals surface area contributed by atoms with Crippen molar-refractivity contribution in [2.45, 2.75) is 26.0 Å². The van der Waals surface area contributed by atoms with Gasteiger partial charge in [0, 0.05) is 39.8 Å². The zero-order chi connectivity index (χ0) is 28.9. The summed E-state index contributed by atoms with van der Waals surface area (Å²) < 4.78 is 11.6. The molecule has 0 unspecified atom stereocenters. The van der Waals surface area contributed by atoms with Gasteiger partial charge in [-0.15, -0.1) is 5.10 Å². The first-order valence-electron chi connectivity index (χ1n) is 12.2. The van der Waals surface area contributed by atoms with Crippen molar-refractivity contribution >= 4 is 46.8 Å². The largest absolute Gasteiger partial charge is 0.488 e. The van der Waals surface area contributed by atoms with Crippen LogP contribution >= 0.6 is 23.2 Å². The van der Waals surface area contributed by atoms with E-state index in [1.165, 1.54) is 24.4 Å². The summed E-state index contributed by atoms with van der Waals surface area (Å²) in [5, 5.41) is 31.6. The molecule has 2 aromatic carbocycles. The van der Waals surface area contributed by atoms with Crippen LogP contribution < -0.4 is 15.9 Å². The highest BCUT2D eigenvalue weighted by atomic mass is 35.5. The Balaban J connectivity index is 1.40. The second-order valence-electron chi connectivity index (χ2n) is 8.92. The van der Waals surface area contributed by atoms with Crippen molar-refractivity contribution in [3.8, 4) is 11.6 Å². The molecule has 3 heterocycles. The van der Waals surface area contributed by atoms with E-state index in [0.29, 0.717) is 27.8 Å². The van der Waals surface area contributed by atoms with Crippen LogP contribution in [0.15, 0.2) is 46.1 Å². The normalized spacial score (nSPS) is 13.6. The Morgan fingerprint density at radius 3 is 2.66 bits per heavy atom. The Bertz CT molecular complexity index is 1600. The predicted molar refractivity (Wildman–Crippen MR) is 147 cm³/mol. The molecule has 41 heavy (non-hydrogen) atoms. The maximum atomic E-state index is 13.3. The van der Waals surface area contributed by atoms with Crippen molar-refractivity contribution < 1.29 is 19.1 Å². The number of nitrogens with zero attached hydrogens (tertiary/aromatic N) is 8. The lowest BCUT2D eigenvalue weighted by atomic mass is 10.2. The Hall–Kier alpha value is -4.60. The van der Waals surface area contributed by atoms with E-state index in [-0.39, 0.29) is 40.9 Å². The molecule has 4 aromatic rings. The summed E-state index contributed by atoms with van der Waals surface area (Å²) in [4.78, 5) is 26.3. The van der Waals surface area contributed by atoms with Crippen LogP contribution in [0, 0.1) is 10.1 Å². The summed E-state index contributed by atoms with van der Waals surface area (Å²) in [6.07, 6.45) is 3.29. The molecule has 0 saturated carbocycles. The van der Waals surface area contributed by atoms with Gasteiger partial charge in [0.05, 0.1) is 11.1 Å². The molecule has 1 fully saturated rings. The van der Waals surface area contributed by atoms with Gasteiger partial charge in [0.1, 0.15) is 18.1 Å². The Morgan fingerprint density at radius 2 is 1.98 bits per heavy atom. The molecule has 1 aliphatic rings. The highest BCUT2D eigenvalue weighted by molar-refractivity contribution is 6.35. The molecule has 17 heteroatoms. The second-order valence-corrected chi connectivity index (χ2v) is 9.73. The molecule has 0 aliphatic carbocycles. The first kappa shape index (κ1) is 27.9. The second kappa shape index (κ2) is 12.3. The van der Waals surface area contributed by atoms with Gasteiger partial charge in [-0.2, -0.15) is 9.78 Å². The number of aromatic nitrogens is 5. The van der Waals surface area contributed by atoms with E-state index in [4.69, 9.17) is 33.7 Å². The minimum absolute atomic E-state index is 0.00749. The maximum absolute atomic E-state index is 13.3. The van der Waals surface area contributed by atoms with Gasteiger partial charge in [-0.1, -0.05) is 34.5 Å². The SMILES string of the molecule is Nc1nonc1-n1nnc(CN2CCCC2)c1C(=O)N/N=C/c1cc([N+](=O)[O-])ccc1OCc1c(Cl)cccc1Cl. The molecule has 1 saturated heterocycles. The highest BCUT2D eigenvalue weighted by Crippen LogP contribution is 2.28. The number of nitrogens with two attached hydrogens (primary N) is 1. The molecule has 0 spiro atoms. The summed E-state index contributed by atoms with van der Waals surface area (Å²) in [6.45, 7) is 2.07. The molecule has 0 bridgehead atoms. The first-order valence-corrected chi connectivity index (χ1v) is 13.0. The molecule has 1 amide bonds. The fourth-order valence-electron chi connectivity index (χ4n) is 4.20. The van der Waals surface area contributed by atoms with E-state index in [1.54, 1.807) is 18.2 Å². The Morgan fingerprint density at radius 1 is 1.22 bits per heavy atom. The van der Waals surface area contributed by atoms with Gasteiger partial charge in [0.2, 0.25) is 11.6 Å². The van der Waals surface area contributed by atoms with Gasteiger partial charge in [0.15, 0.2) is 5.69 Å². The van der Waals surface area contributed by atoms with Crippen LogP contribution in [0.4, 0.5) is 11.5 Å². The topological polar surface area (TPSA) is 193 Å². The molecule has 15 nitrogen and oxygen atoms in total. The van der Waals surface area contributed by atoms with Crippen molar-refractivity contribution in [1.82, 2.24) is 35.6 Å². The van der Waals surface area contributed by atoms with Gasteiger partial charge >= 0.3 is 0 Å². The van der Waals surface area contributed by atoms with E-state index in [0.717, 1.165) is 30.6 Å². The van der Waals surface area contributed by atoms with Crippen LogP contribution in [0.25, 0.3) is 5.82 Å². The number of rotatable bonds is 10. The third kappa shape index (κ3) is 6.26. The van der Waals surface area contributed by atoms with Gasteiger partial charge in [-0.3, -0.25) is 19.8 Å². The van der Waals surface area contributed by atoms with Crippen LogP contribution in [0.3, 0.4) is 0 Å². The van der Waals surface area contributed by atoms with Crippen LogP contribution in [-0.2, 0) is 13.2 Å². The zero-order valence-electron chi connectivity index (χ0n) is 21.2. The number of likely N-dealkylation sites (tertiary alicyclic amines) is 1. The first-order chi connectivity index (χ1) is 19.8. The number of nitrogens with one attached hydrogen (secondary N) is 1. The minimum Gasteiger partial charge on any atom is -0.488 e. The average Bonchev–Trinajstić information content (AvgIpc) is 3.70. The van der Waals surface area contributed by atoms with Crippen molar-refractivity contribution in [1.29, 1.82) is 0 Å². The van der Waals surface area contributed by atoms with Gasteiger partial charge in [-0.05, 0) is 54.4 Å².